The van der Waals surface area contributed by atoms with Gasteiger partial charge in [0.2, 0.25) is 0 Å². The number of carboxylic acids is 1. The number of rotatable bonds is 4. The SMILES string of the molecule is Cc1ccccc1NC(C(=O)O)c1cc(F)ccc1O. The van der Waals surface area contributed by atoms with Crippen LogP contribution in [0.5, 0.6) is 5.75 Å². The van der Waals surface area contributed by atoms with Crippen molar-refractivity contribution in [1.29, 1.82) is 0 Å². The molecule has 0 aliphatic rings. The van der Waals surface area contributed by atoms with Crippen molar-refractivity contribution in [3.05, 3.63) is 59.4 Å². The van der Waals surface area contributed by atoms with Gasteiger partial charge in [-0.3, -0.25) is 0 Å². The number of nitrogens with one attached hydrogen (secondary N) is 1. The van der Waals surface area contributed by atoms with Crippen molar-refractivity contribution in [1.82, 2.24) is 0 Å². The number of halogens is 1. The van der Waals surface area contributed by atoms with Crippen molar-refractivity contribution >= 4 is 11.7 Å². The van der Waals surface area contributed by atoms with Crippen LogP contribution in [-0.2, 0) is 4.79 Å². The second kappa shape index (κ2) is 5.61. The molecule has 0 spiro atoms. The molecule has 0 saturated heterocycles. The molecule has 0 bridgehead atoms. The fourth-order valence-electron chi connectivity index (χ4n) is 1.92. The van der Waals surface area contributed by atoms with E-state index in [1.165, 1.54) is 0 Å². The Bertz CT molecular complexity index is 643. The van der Waals surface area contributed by atoms with E-state index in [9.17, 15) is 19.4 Å². The van der Waals surface area contributed by atoms with Gasteiger partial charge in [-0.15, -0.1) is 0 Å². The van der Waals surface area contributed by atoms with E-state index < -0.39 is 17.8 Å². The van der Waals surface area contributed by atoms with Gasteiger partial charge in [-0.1, -0.05) is 18.2 Å². The minimum Gasteiger partial charge on any atom is -0.508 e. The maximum absolute atomic E-state index is 13.3. The summed E-state index contributed by atoms with van der Waals surface area (Å²) in [5.74, 6) is -2.07. The van der Waals surface area contributed by atoms with Crippen LogP contribution in [0.15, 0.2) is 42.5 Å². The molecule has 4 nitrogen and oxygen atoms in total. The molecule has 0 fully saturated rings. The maximum atomic E-state index is 13.3. The molecular formula is C15H14FNO3. The molecule has 2 aromatic carbocycles. The summed E-state index contributed by atoms with van der Waals surface area (Å²) in [6, 6.07) is 9.14. The van der Waals surface area contributed by atoms with Crippen molar-refractivity contribution in [2.75, 3.05) is 5.32 Å². The number of hydrogen-bond donors (Lipinski definition) is 3. The normalized spacial score (nSPS) is 11.9. The lowest BCUT2D eigenvalue weighted by Gasteiger charge is -2.18. The van der Waals surface area contributed by atoms with Gasteiger partial charge in [0.1, 0.15) is 11.6 Å². The molecule has 0 heterocycles. The summed E-state index contributed by atoms with van der Waals surface area (Å²) in [5.41, 5.74) is 1.46. The van der Waals surface area contributed by atoms with E-state index >= 15 is 0 Å². The average Bonchev–Trinajstić information content (AvgIpc) is 2.40. The lowest BCUT2D eigenvalue weighted by Crippen LogP contribution is -2.21. The molecule has 1 atom stereocenters. The predicted octanol–water partition coefficient (Wildman–Crippen LogP) is 3.08. The standard InChI is InChI=1S/C15H14FNO3/c1-9-4-2-3-5-12(9)17-14(15(19)20)11-8-10(16)6-7-13(11)18/h2-8,14,17-18H,1H3,(H,19,20). The Morgan fingerprint density at radius 2 is 1.95 bits per heavy atom. The average molecular weight is 275 g/mol. The van der Waals surface area contributed by atoms with E-state index in [-0.39, 0.29) is 11.3 Å². The minimum atomic E-state index is -1.23. The highest BCUT2D eigenvalue weighted by Crippen LogP contribution is 2.29. The van der Waals surface area contributed by atoms with Crippen molar-refractivity contribution in [2.24, 2.45) is 0 Å². The molecule has 104 valence electrons. The van der Waals surface area contributed by atoms with Gasteiger partial charge in [-0.05, 0) is 36.8 Å². The highest BCUT2D eigenvalue weighted by atomic mass is 19.1. The number of anilines is 1. The van der Waals surface area contributed by atoms with E-state index in [1.54, 1.807) is 12.1 Å². The summed E-state index contributed by atoms with van der Waals surface area (Å²) in [6.07, 6.45) is 0. The summed E-state index contributed by atoms with van der Waals surface area (Å²) in [4.78, 5) is 11.4. The predicted molar refractivity (Wildman–Crippen MR) is 73.2 cm³/mol. The zero-order chi connectivity index (χ0) is 14.7. The van der Waals surface area contributed by atoms with Crippen molar-refractivity contribution in [3.8, 4) is 5.75 Å². The van der Waals surface area contributed by atoms with Crippen molar-refractivity contribution in [2.45, 2.75) is 13.0 Å². The van der Waals surface area contributed by atoms with Gasteiger partial charge < -0.3 is 15.5 Å². The number of aromatic hydroxyl groups is 1. The summed E-state index contributed by atoms with van der Waals surface area (Å²) >= 11 is 0. The summed E-state index contributed by atoms with van der Waals surface area (Å²) < 4.78 is 13.3. The molecule has 0 aliphatic heterocycles. The third-order valence-corrected chi connectivity index (χ3v) is 2.99. The minimum absolute atomic E-state index is 0.0132. The molecule has 0 saturated carbocycles. The third kappa shape index (κ3) is 2.88. The number of carboxylic acid groups (broad SMARTS) is 1. The lowest BCUT2D eigenvalue weighted by atomic mass is 10.0. The molecule has 0 aliphatic carbocycles. The van der Waals surface area contributed by atoms with E-state index in [0.717, 1.165) is 23.8 Å². The Morgan fingerprint density at radius 1 is 1.25 bits per heavy atom. The Kier molecular flexibility index (Phi) is 3.89. The highest BCUT2D eigenvalue weighted by Gasteiger charge is 2.23. The number of aryl methyl sites for hydroxylation is 1. The second-order valence-corrected chi connectivity index (χ2v) is 4.43. The Balaban J connectivity index is 2.40. The zero-order valence-electron chi connectivity index (χ0n) is 10.8. The molecule has 20 heavy (non-hydrogen) atoms. The van der Waals surface area contributed by atoms with Gasteiger partial charge in [-0.25, -0.2) is 9.18 Å². The third-order valence-electron chi connectivity index (χ3n) is 2.99. The summed E-state index contributed by atoms with van der Waals surface area (Å²) in [5, 5.41) is 21.8. The van der Waals surface area contributed by atoms with Crippen LogP contribution in [0.4, 0.5) is 10.1 Å². The van der Waals surface area contributed by atoms with Crippen LogP contribution in [0.25, 0.3) is 0 Å². The van der Waals surface area contributed by atoms with Crippen LogP contribution in [0.1, 0.15) is 17.2 Å². The van der Waals surface area contributed by atoms with Crippen LogP contribution in [0, 0.1) is 12.7 Å². The van der Waals surface area contributed by atoms with Crippen LogP contribution in [-0.4, -0.2) is 16.2 Å². The molecule has 3 N–H and O–H groups in total. The fourth-order valence-corrected chi connectivity index (χ4v) is 1.92. The van der Waals surface area contributed by atoms with E-state index in [4.69, 9.17) is 0 Å². The van der Waals surface area contributed by atoms with Crippen LogP contribution in [0.2, 0.25) is 0 Å². The molecule has 2 aromatic rings. The Hall–Kier alpha value is -2.56. The first-order valence-corrected chi connectivity index (χ1v) is 6.02. The molecule has 2 rings (SSSR count). The number of benzene rings is 2. The number of para-hydroxylation sites is 1. The first-order chi connectivity index (χ1) is 9.49. The largest absolute Gasteiger partial charge is 0.508 e. The smallest absolute Gasteiger partial charge is 0.330 e. The van der Waals surface area contributed by atoms with Gasteiger partial charge in [0, 0.05) is 11.3 Å². The van der Waals surface area contributed by atoms with Crippen molar-refractivity contribution < 1.29 is 19.4 Å². The van der Waals surface area contributed by atoms with Crippen LogP contribution >= 0.6 is 0 Å². The topological polar surface area (TPSA) is 69.6 Å². The Labute approximate surface area is 115 Å². The molecule has 0 amide bonds. The molecular weight excluding hydrogens is 261 g/mol. The zero-order valence-corrected chi connectivity index (χ0v) is 10.8. The van der Waals surface area contributed by atoms with Crippen LogP contribution < -0.4 is 5.32 Å². The van der Waals surface area contributed by atoms with E-state index in [1.807, 2.05) is 19.1 Å². The van der Waals surface area contributed by atoms with Gasteiger partial charge in [-0.2, -0.15) is 0 Å². The van der Waals surface area contributed by atoms with Gasteiger partial charge >= 0.3 is 5.97 Å². The molecule has 0 radical (unpaired) electrons. The van der Waals surface area contributed by atoms with E-state index in [0.29, 0.717) is 5.69 Å². The molecule has 0 aromatic heterocycles. The number of hydrogen-bond acceptors (Lipinski definition) is 3. The first-order valence-electron chi connectivity index (χ1n) is 6.02. The number of aliphatic carboxylic acids is 1. The summed E-state index contributed by atoms with van der Waals surface area (Å²) in [7, 11) is 0. The van der Waals surface area contributed by atoms with Crippen LogP contribution in [0.3, 0.4) is 0 Å². The first kappa shape index (κ1) is 13.9. The fraction of sp³-hybridized carbons (Fsp3) is 0.133. The Morgan fingerprint density at radius 3 is 2.60 bits per heavy atom. The maximum Gasteiger partial charge on any atom is 0.330 e. The monoisotopic (exact) mass is 275 g/mol. The number of phenols is 1. The molecule has 5 heteroatoms. The van der Waals surface area contributed by atoms with Gasteiger partial charge in [0.25, 0.3) is 0 Å². The number of carbonyl (C=O) groups is 1. The van der Waals surface area contributed by atoms with Gasteiger partial charge in [0.05, 0.1) is 0 Å². The molecule has 1 unspecified atom stereocenters. The van der Waals surface area contributed by atoms with Gasteiger partial charge in [0.15, 0.2) is 6.04 Å². The second-order valence-electron chi connectivity index (χ2n) is 4.43. The lowest BCUT2D eigenvalue weighted by molar-refractivity contribution is -0.138. The quantitative estimate of drug-likeness (QED) is 0.802. The number of phenolic OH excluding ortho intramolecular Hbond substituents is 1. The summed E-state index contributed by atoms with van der Waals surface area (Å²) in [6.45, 7) is 1.83. The highest BCUT2D eigenvalue weighted by molar-refractivity contribution is 5.80. The van der Waals surface area contributed by atoms with E-state index in [2.05, 4.69) is 5.32 Å². The van der Waals surface area contributed by atoms with Crippen molar-refractivity contribution in [3.63, 3.8) is 0 Å².